The average molecular weight is 390 g/mol. The summed E-state index contributed by atoms with van der Waals surface area (Å²) >= 11 is 0. The number of nitrogens with two attached hydrogens (primary N) is 1. The van der Waals surface area contributed by atoms with Crippen molar-refractivity contribution >= 4 is 17.5 Å². The van der Waals surface area contributed by atoms with Gasteiger partial charge in [-0.3, -0.25) is 14.5 Å². The molecule has 2 amide bonds. The molecule has 29 heavy (non-hydrogen) atoms. The molecular formula is C21H22N6O2. The first-order valence-corrected chi connectivity index (χ1v) is 10.1. The first kappa shape index (κ1) is 18.1. The number of likely N-dealkylation sites (tertiary alicyclic amines) is 2. The van der Waals surface area contributed by atoms with Gasteiger partial charge in [0.1, 0.15) is 6.04 Å². The number of anilines is 1. The zero-order valence-corrected chi connectivity index (χ0v) is 15.9. The van der Waals surface area contributed by atoms with Gasteiger partial charge in [-0.1, -0.05) is 0 Å². The van der Waals surface area contributed by atoms with E-state index in [9.17, 15) is 14.9 Å². The van der Waals surface area contributed by atoms with Crippen LogP contribution in [-0.2, 0) is 9.59 Å². The highest BCUT2D eigenvalue weighted by Crippen LogP contribution is 2.47. The minimum Gasteiger partial charge on any atom is -0.322 e. The summed E-state index contributed by atoms with van der Waals surface area (Å²) in [6.07, 6.45) is 2.45. The largest absolute Gasteiger partial charge is 0.322 e. The first-order chi connectivity index (χ1) is 14.0. The first-order valence-electron chi connectivity index (χ1n) is 10.1. The van der Waals surface area contributed by atoms with Gasteiger partial charge in [-0.2, -0.15) is 10.5 Å². The number of hydrogen-bond acceptors (Lipinski definition) is 6. The fraction of sp³-hybridized carbons (Fsp3) is 0.524. The minimum absolute atomic E-state index is 0.0175. The Morgan fingerprint density at radius 2 is 1.97 bits per heavy atom. The number of rotatable bonds is 4. The molecule has 8 heteroatoms. The van der Waals surface area contributed by atoms with Gasteiger partial charge in [-0.25, -0.2) is 0 Å². The number of carbonyl (C=O) groups is 2. The number of nitriles is 2. The van der Waals surface area contributed by atoms with Crippen molar-refractivity contribution in [3.8, 4) is 12.1 Å². The van der Waals surface area contributed by atoms with Crippen molar-refractivity contribution in [2.24, 2.45) is 11.7 Å². The number of piperazine rings is 1. The molecule has 3 saturated heterocycles. The summed E-state index contributed by atoms with van der Waals surface area (Å²) < 4.78 is 0. The predicted octanol–water partition coefficient (Wildman–Crippen LogP) is 0.188. The summed E-state index contributed by atoms with van der Waals surface area (Å²) in [4.78, 5) is 31.3. The summed E-state index contributed by atoms with van der Waals surface area (Å²) in [6, 6.07) is 10.2. The summed E-state index contributed by atoms with van der Waals surface area (Å²) in [5, 5.41) is 18.3. The van der Waals surface area contributed by atoms with Crippen molar-refractivity contribution < 1.29 is 9.59 Å². The van der Waals surface area contributed by atoms with Crippen LogP contribution in [0.5, 0.6) is 0 Å². The Morgan fingerprint density at radius 1 is 1.21 bits per heavy atom. The quantitative estimate of drug-likeness (QED) is 0.784. The van der Waals surface area contributed by atoms with E-state index in [1.165, 1.54) is 0 Å². The normalized spacial score (nSPS) is 33.3. The second-order valence-electron chi connectivity index (χ2n) is 8.52. The molecule has 4 fully saturated rings. The van der Waals surface area contributed by atoms with Crippen LogP contribution in [0.2, 0.25) is 0 Å². The van der Waals surface area contributed by atoms with Crippen LogP contribution < -0.4 is 10.6 Å². The van der Waals surface area contributed by atoms with E-state index in [1.54, 1.807) is 34.1 Å². The highest BCUT2D eigenvalue weighted by atomic mass is 16.2. The molecule has 0 aromatic heterocycles. The van der Waals surface area contributed by atoms with E-state index in [4.69, 9.17) is 11.0 Å². The monoisotopic (exact) mass is 390 g/mol. The van der Waals surface area contributed by atoms with Gasteiger partial charge in [0.15, 0.2) is 0 Å². The molecule has 1 saturated carbocycles. The lowest BCUT2D eigenvalue weighted by Crippen LogP contribution is -2.57. The maximum absolute atomic E-state index is 12.9. The third-order valence-electron chi connectivity index (χ3n) is 6.80. The molecule has 0 radical (unpaired) electrons. The van der Waals surface area contributed by atoms with Gasteiger partial charge in [0.25, 0.3) is 0 Å². The molecule has 148 valence electrons. The summed E-state index contributed by atoms with van der Waals surface area (Å²) in [5.41, 5.74) is 7.59. The Morgan fingerprint density at radius 3 is 2.62 bits per heavy atom. The molecule has 2 N–H and O–H groups in total. The third kappa shape index (κ3) is 2.79. The van der Waals surface area contributed by atoms with Crippen molar-refractivity contribution in [1.82, 2.24) is 9.80 Å². The lowest BCUT2D eigenvalue weighted by atomic mass is 10.1. The van der Waals surface area contributed by atoms with E-state index in [0.717, 1.165) is 24.9 Å². The van der Waals surface area contributed by atoms with Crippen LogP contribution in [0, 0.1) is 28.6 Å². The van der Waals surface area contributed by atoms with E-state index >= 15 is 0 Å². The van der Waals surface area contributed by atoms with Crippen LogP contribution in [0.4, 0.5) is 5.69 Å². The molecule has 5 rings (SSSR count). The maximum Gasteiger partial charge on any atom is 0.244 e. The van der Waals surface area contributed by atoms with Crippen molar-refractivity contribution in [1.29, 1.82) is 10.5 Å². The van der Waals surface area contributed by atoms with Crippen LogP contribution in [-0.4, -0.2) is 64.9 Å². The van der Waals surface area contributed by atoms with Gasteiger partial charge in [0, 0.05) is 24.8 Å². The topological polar surface area (TPSA) is 117 Å². The zero-order valence-electron chi connectivity index (χ0n) is 15.9. The molecule has 3 aliphatic heterocycles. The number of benzene rings is 1. The molecular weight excluding hydrogens is 368 g/mol. The number of hydrogen-bond donors (Lipinski definition) is 1. The Hall–Kier alpha value is -2.94. The van der Waals surface area contributed by atoms with Gasteiger partial charge in [-0.05, 0) is 49.4 Å². The van der Waals surface area contributed by atoms with E-state index in [-0.39, 0.29) is 36.0 Å². The number of amides is 2. The highest BCUT2D eigenvalue weighted by Gasteiger charge is 2.55. The third-order valence-corrected chi connectivity index (χ3v) is 6.80. The SMILES string of the molecule is N#Cc1ccc(N2C(=O)[C@@H]3C[C@H]2CN3CC(N)C(=O)N2C(C#N)C[C@@H]3C[C@@H]32)cc1. The minimum atomic E-state index is -0.722. The Bertz CT molecular complexity index is 947. The molecule has 1 aromatic rings. The lowest BCUT2D eigenvalue weighted by molar-refractivity contribution is -0.135. The van der Waals surface area contributed by atoms with E-state index < -0.39 is 6.04 Å². The van der Waals surface area contributed by atoms with Crippen LogP contribution in [0.15, 0.2) is 24.3 Å². The van der Waals surface area contributed by atoms with Gasteiger partial charge < -0.3 is 15.5 Å². The summed E-state index contributed by atoms with van der Waals surface area (Å²) in [5.74, 6) is 0.311. The maximum atomic E-state index is 12.9. The molecule has 4 aliphatic rings. The Labute approximate surface area is 169 Å². The van der Waals surface area contributed by atoms with E-state index in [0.29, 0.717) is 24.6 Å². The molecule has 2 unspecified atom stereocenters. The van der Waals surface area contributed by atoms with Crippen LogP contribution in [0.3, 0.4) is 0 Å². The Kier molecular flexibility index (Phi) is 4.09. The van der Waals surface area contributed by atoms with E-state index in [2.05, 4.69) is 12.1 Å². The summed E-state index contributed by atoms with van der Waals surface area (Å²) in [6.45, 7) is 1.00. The number of fused-ring (bicyclic) bond motifs is 3. The highest BCUT2D eigenvalue weighted by molar-refractivity contribution is 6.01. The average Bonchev–Trinajstić information content (AvgIpc) is 3.07. The fourth-order valence-corrected chi connectivity index (χ4v) is 5.31. The van der Waals surface area contributed by atoms with Gasteiger partial charge in [-0.15, -0.1) is 0 Å². The smallest absolute Gasteiger partial charge is 0.244 e. The van der Waals surface area contributed by atoms with Crippen LogP contribution in [0.1, 0.15) is 24.8 Å². The lowest BCUT2D eigenvalue weighted by Gasteiger charge is -2.35. The fourth-order valence-electron chi connectivity index (χ4n) is 5.31. The molecule has 1 aliphatic carbocycles. The molecule has 6 atom stereocenters. The van der Waals surface area contributed by atoms with Crippen molar-refractivity contribution in [3.05, 3.63) is 29.8 Å². The number of carbonyl (C=O) groups excluding carboxylic acids is 2. The zero-order chi connectivity index (χ0) is 20.3. The standard InChI is InChI=1S/C21H22N6O2/c22-8-12-1-3-14(4-2-12)26-16-7-19(21(26)29)25(10-16)11-17(24)20(28)27-15(9-23)5-13-6-18(13)27/h1-4,13,15-19H,5-7,10-11,24H2/t13-,15?,16+,17?,18+,19+/m1/s1. The molecule has 2 bridgehead atoms. The Balaban J connectivity index is 1.24. The number of nitrogens with zero attached hydrogens (tertiary/aromatic N) is 5. The summed E-state index contributed by atoms with van der Waals surface area (Å²) in [7, 11) is 0. The molecule has 3 heterocycles. The second kappa shape index (κ2) is 6.55. The molecule has 8 nitrogen and oxygen atoms in total. The second-order valence-corrected chi connectivity index (χ2v) is 8.52. The van der Waals surface area contributed by atoms with Crippen molar-refractivity contribution in [3.63, 3.8) is 0 Å². The van der Waals surface area contributed by atoms with Crippen LogP contribution >= 0.6 is 0 Å². The van der Waals surface area contributed by atoms with Gasteiger partial charge in [0.2, 0.25) is 11.8 Å². The van der Waals surface area contributed by atoms with Crippen molar-refractivity contribution in [2.75, 3.05) is 18.0 Å². The number of piperidine rings is 1. The molecule has 1 aromatic carbocycles. The van der Waals surface area contributed by atoms with Crippen LogP contribution in [0.25, 0.3) is 0 Å². The van der Waals surface area contributed by atoms with Gasteiger partial charge >= 0.3 is 0 Å². The molecule has 0 spiro atoms. The van der Waals surface area contributed by atoms with Crippen molar-refractivity contribution in [2.45, 2.75) is 49.5 Å². The van der Waals surface area contributed by atoms with Gasteiger partial charge in [0.05, 0.1) is 35.8 Å². The van der Waals surface area contributed by atoms with E-state index in [1.807, 2.05) is 4.90 Å². The predicted molar refractivity (Wildman–Crippen MR) is 103 cm³/mol.